The summed E-state index contributed by atoms with van der Waals surface area (Å²) in [4.78, 5) is 4.38. The van der Waals surface area contributed by atoms with Gasteiger partial charge in [0, 0.05) is 22.7 Å². The summed E-state index contributed by atoms with van der Waals surface area (Å²) in [5.74, 6) is 0.777. The standard InChI is InChI=1S/C18H18N2O2/c1-12(20-21)15-8-6-13-11-14(17-5-3-4-10-19-17)7-9-16(13)18(15)22-2/h3-12,20-21H,1-2H3. The third-order valence-corrected chi connectivity index (χ3v) is 3.83. The zero-order valence-corrected chi connectivity index (χ0v) is 12.6. The minimum absolute atomic E-state index is 0.199. The molecule has 2 aromatic carbocycles. The molecule has 0 spiro atoms. The van der Waals surface area contributed by atoms with Gasteiger partial charge in [0.25, 0.3) is 0 Å². The number of benzene rings is 2. The van der Waals surface area contributed by atoms with Gasteiger partial charge in [0.05, 0.1) is 18.8 Å². The summed E-state index contributed by atoms with van der Waals surface area (Å²) < 4.78 is 5.56. The number of hydrogen-bond donors (Lipinski definition) is 2. The van der Waals surface area contributed by atoms with Crippen molar-refractivity contribution in [2.75, 3.05) is 7.11 Å². The Labute approximate surface area is 129 Å². The second-order valence-corrected chi connectivity index (χ2v) is 5.19. The molecule has 3 aromatic rings. The normalized spacial score (nSPS) is 12.3. The first-order valence-corrected chi connectivity index (χ1v) is 7.16. The van der Waals surface area contributed by atoms with E-state index in [0.717, 1.165) is 33.3 Å². The van der Waals surface area contributed by atoms with Crippen LogP contribution in [0.25, 0.3) is 22.0 Å². The van der Waals surface area contributed by atoms with Crippen LogP contribution in [0.2, 0.25) is 0 Å². The van der Waals surface area contributed by atoms with Gasteiger partial charge in [-0.25, -0.2) is 0 Å². The van der Waals surface area contributed by atoms with E-state index in [1.807, 2.05) is 49.4 Å². The largest absolute Gasteiger partial charge is 0.496 e. The minimum atomic E-state index is -0.199. The van der Waals surface area contributed by atoms with Crippen molar-refractivity contribution in [3.63, 3.8) is 0 Å². The van der Waals surface area contributed by atoms with Gasteiger partial charge < -0.3 is 9.94 Å². The summed E-state index contributed by atoms with van der Waals surface area (Å²) in [6.45, 7) is 1.88. The number of aromatic nitrogens is 1. The van der Waals surface area contributed by atoms with E-state index < -0.39 is 0 Å². The molecular weight excluding hydrogens is 276 g/mol. The maximum atomic E-state index is 9.16. The molecule has 1 aromatic heterocycles. The fourth-order valence-electron chi connectivity index (χ4n) is 2.65. The average Bonchev–Trinajstić information content (AvgIpc) is 2.60. The lowest BCUT2D eigenvalue weighted by atomic mass is 9.98. The Kier molecular flexibility index (Phi) is 4.04. The van der Waals surface area contributed by atoms with Crippen molar-refractivity contribution in [2.45, 2.75) is 13.0 Å². The molecule has 0 saturated heterocycles. The third-order valence-electron chi connectivity index (χ3n) is 3.83. The second kappa shape index (κ2) is 6.13. The van der Waals surface area contributed by atoms with Crippen LogP contribution in [0.1, 0.15) is 18.5 Å². The fourth-order valence-corrected chi connectivity index (χ4v) is 2.65. The number of hydrogen-bond acceptors (Lipinski definition) is 4. The lowest BCUT2D eigenvalue weighted by molar-refractivity contribution is 0.132. The Morgan fingerprint density at radius 1 is 1.14 bits per heavy atom. The van der Waals surface area contributed by atoms with E-state index in [2.05, 4.69) is 16.5 Å². The molecule has 1 unspecified atom stereocenters. The van der Waals surface area contributed by atoms with E-state index in [4.69, 9.17) is 9.94 Å². The maximum absolute atomic E-state index is 9.16. The van der Waals surface area contributed by atoms with Gasteiger partial charge in [-0.3, -0.25) is 4.98 Å². The predicted octanol–water partition coefficient (Wildman–Crippen LogP) is 3.95. The van der Waals surface area contributed by atoms with Crippen LogP contribution in [-0.2, 0) is 0 Å². The molecule has 0 radical (unpaired) electrons. The van der Waals surface area contributed by atoms with E-state index in [1.165, 1.54) is 0 Å². The van der Waals surface area contributed by atoms with Crippen LogP contribution in [0.15, 0.2) is 54.7 Å². The van der Waals surface area contributed by atoms with Crippen LogP contribution < -0.4 is 10.2 Å². The molecule has 1 heterocycles. The number of nitrogens with zero attached hydrogens (tertiary/aromatic N) is 1. The number of ether oxygens (including phenoxy) is 1. The Bertz CT molecular complexity index is 788. The fraction of sp³-hybridized carbons (Fsp3) is 0.167. The van der Waals surface area contributed by atoms with Crippen molar-refractivity contribution < 1.29 is 9.94 Å². The van der Waals surface area contributed by atoms with E-state index in [-0.39, 0.29) is 6.04 Å². The molecule has 0 aliphatic carbocycles. The summed E-state index contributed by atoms with van der Waals surface area (Å²) >= 11 is 0. The zero-order chi connectivity index (χ0) is 15.5. The molecule has 0 bridgehead atoms. The molecule has 0 saturated carbocycles. The summed E-state index contributed by atoms with van der Waals surface area (Å²) in [6.07, 6.45) is 1.79. The van der Waals surface area contributed by atoms with Crippen LogP contribution in [0.4, 0.5) is 0 Å². The van der Waals surface area contributed by atoms with Crippen molar-refractivity contribution in [3.05, 3.63) is 60.3 Å². The first kappa shape index (κ1) is 14.5. The molecule has 0 fully saturated rings. The van der Waals surface area contributed by atoms with Crippen LogP contribution in [-0.4, -0.2) is 17.3 Å². The Morgan fingerprint density at radius 2 is 2.00 bits per heavy atom. The molecule has 4 nitrogen and oxygen atoms in total. The monoisotopic (exact) mass is 294 g/mol. The molecular formula is C18H18N2O2. The molecule has 0 amide bonds. The first-order valence-electron chi connectivity index (χ1n) is 7.16. The SMILES string of the molecule is COc1c(C(C)NO)ccc2cc(-c3ccccn3)ccc12. The van der Waals surface area contributed by atoms with Gasteiger partial charge in [-0.2, -0.15) is 5.48 Å². The third kappa shape index (κ3) is 2.54. The van der Waals surface area contributed by atoms with E-state index in [1.54, 1.807) is 13.3 Å². The van der Waals surface area contributed by atoms with Gasteiger partial charge >= 0.3 is 0 Å². The van der Waals surface area contributed by atoms with Gasteiger partial charge in [-0.05, 0) is 36.6 Å². The summed E-state index contributed by atoms with van der Waals surface area (Å²) in [7, 11) is 1.65. The molecule has 0 aliphatic heterocycles. The Balaban J connectivity index is 2.15. The Morgan fingerprint density at radius 3 is 2.68 bits per heavy atom. The van der Waals surface area contributed by atoms with Gasteiger partial charge in [0.1, 0.15) is 5.75 Å². The number of methoxy groups -OCH3 is 1. The average molecular weight is 294 g/mol. The summed E-state index contributed by atoms with van der Waals surface area (Å²) in [6, 6.07) is 15.8. The highest BCUT2D eigenvalue weighted by Gasteiger charge is 2.14. The van der Waals surface area contributed by atoms with Gasteiger partial charge in [0.2, 0.25) is 0 Å². The van der Waals surface area contributed by atoms with E-state index in [0.29, 0.717) is 0 Å². The number of nitrogens with one attached hydrogen (secondary N) is 1. The van der Waals surface area contributed by atoms with Crippen LogP contribution >= 0.6 is 0 Å². The molecule has 22 heavy (non-hydrogen) atoms. The molecule has 3 rings (SSSR count). The van der Waals surface area contributed by atoms with Crippen molar-refractivity contribution in [2.24, 2.45) is 0 Å². The lowest BCUT2D eigenvalue weighted by Crippen LogP contribution is -2.14. The topological polar surface area (TPSA) is 54.4 Å². The predicted molar refractivity (Wildman–Crippen MR) is 87.1 cm³/mol. The van der Waals surface area contributed by atoms with Gasteiger partial charge in [-0.1, -0.05) is 24.3 Å². The van der Waals surface area contributed by atoms with Crippen LogP contribution in [0.3, 0.4) is 0 Å². The van der Waals surface area contributed by atoms with Crippen molar-refractivity contribution >= 4 is 10.8 Å². The van der Waals surface area contributed by atoms with E-state index in [9.17, 15) is 0 Å². The molecule has 1 atom stereocenters. The molecule has 112 valence electrons. The van der Waals surface area contributed by atoms with Crippen LogP contribution in [0.5, 0.6) is 5.75 Å². The van der Waals surface area contributed by atoms with E-state index >= 15 is 0 Å². The summed E-state index contributed by atoms with van der Waals surface area (Å²) in [5.41, 5.74) is 5.20. The molecule has 4 heteroatoms. The highest BCUT2D eigenvalue weighted by molar-refractivity contribution is 5.92. The summed E-state index contributed by atoms with van der Waals surface area (Å²) in [5, 5.41) is 11.3. The lowest BCUT2D eigenvalue weighted by Gasteiger charge is -2.16. The van der Waals surface area contributed by atoms with Gasteiger partial charge in [-0.15, -0.1) is 0 Å². The van der Waals surface area contributed by atoms with Gasteiger partial charge in [0.15, 0.2) is 0 Å². The highest BCUT2D eigenvalue weighted by atomic mass is 16.5. The van der Waals surface area contributed by atoms with Crippen LogP contribution in [0, 0.1) is 0 Å². The van der Waals surface area contributed by atoms with Crippen molar-refractivity contribution in [1.29, 1.82) is 0 Å². The molecule has 2 N–H and O–H groups in total. The van der Waals surface area contributed by atoms with Crippen molar-refractivity contribution in [3.8, 4) is 17.0 Å². The minimum Gasteiger partial charge on any atom is -0.496 e. The zero-order valence-electron chi connectivity index (χ0n) is 12.6. The molecule has 0 aliphatic rings. The smallest absolute Gasteiger partial charge is 0.131 e. The number of pyridine rings is 1. The number of hydroxylamine groups is 1. The number of rotatable bonds is 4. The Hall–Kier alpha value is -2.43. The number of fused-ring (bicyclic) bond motifs is 1. The first-order chi connectivity index (χ1) is 10.7. The highest BCUT2D eigenvalue weighted by Crippen LogP contribution is 2.35. The second-order valence-electron chi connectivity index (χ2n) is 5.19. The van der Waals surface area contributed by atoms with Crippen molar-refractivity contribution in [1.82, 2.24) is 10.5 Å². The quantitative estimate of drug-likeness (QED) is 0.715. The maximum Gasteiger partial charge on any atom is 0.131 e.